The lowest BCUT2D eigenvalue weighted by atomic mass is 10.1. The van der Waals surface area contributed by atoms with Gasteiger partial charge in [-0.3, -0.25) is 9.59 Å². The van der Waals surface area contributed by atoms with Gasteiger partial charge >= 0.3 is 17.9 Å². The van der Waals surface area contributed by atoms with Crippen molar-refractivity contribution in [2.45, 2.75) is 154 Å². The molecule has 0 aliphatic carbocycles. The largest absolute Gasteiger partial charge is 0.477 e. The number of unbranched alkanes of at least 4 members (excludes halogenated alkanes) is 13. The van der Waals surface area contributed by atoms with Crippen molar-refractivity contribution >= 4 is 17.9 Å². The number of aliphatic carboxylic acids is 1. The van der Waals surface area contributed by atoms with Crippen molar-refractivity contribution in [3.05, 3.63) is 24.3 Å². The van der Waals surface area contributed by atoms with Crippen LogP contribution in [-0.4, -0.2) is 80.6 Å². The van der Waals surface area contributed by atoms with Crippen LogP contribution >= 0.6 is 0 Å². The standard InChI is InChI=1S/C37H67NO7/c1-6-8-10-12-13-14-15-16-17-18-19-20-21-22-23-24-26-28-36(40)45-33(32-44-35(39)27-25-11-9-7-2)31-43-30-29-34(37(41)42)38(3,4)5/h13-14,16-17,33-34H,6-12,15,18-32H2,1-5H3/p+1/b14-13-,17-16-. The highest BCUT2D eigenvalue weighted by molar-refractivity contribution is 5.72. The van der Waals surface area contributed by atoms with Crippen molar-refractivity contribution in [2.24, 2.45) is 0 Å². The lowest BCUT2D eigenvalue weighted by Crippen LogP contribution is -2.50. The van der Waals surface area contributed by atoms with Gasteiger partial charge in [-0.05, 0) is 44.9 Å². The molecule has 0 aromatic heterocycles. The van der Waals surface area contributed by atoms with E-state index < -0.39 is 18.1 Å². The van der Waals surface area contributed by atoms with E-state index in [0.29, 0.717) is 19.3 Å². The number of carboxylic acid groups (broad SMARTS) is 1. The van der Waals surface area contributed by atoms with E-state index in [1.807, 2.05) is 21.1 Å². The van der Waals surface area contributed by atoms with E-state index in [1.165, 1.54) is 51.4 Å². The number of rotatable bonds is 31. The number of ether oxygens (including phenoxy) is 3. The molecule has 0 heterocycles. The van der Waals surface area contributed by atoms with Gasteiger partial charge in [-0.15, -0.1) is 0 Å². The first-order valence-corrected chi connectivity index (χ1v) is 17.9. The van der Waals surface area contributed by atoms with Crippen LogP contribution in [0.5, 0.6) is 0 Å². The number of allylic oxidation sites excluding steroid dienone is 4. The minimum atomic E-state index is -0.879. The zero-order chi connectivity index (χ0) is 33.6. The number of likely N-dealkylation sites (N-methyl/N-ethyl adjacent to an activating group) is 1. The van der Waals surface area contributed by atoms with Crippen molar-refractivity contribution in [1.82, 2.24) is 0 Å². The summed E-state index contributed by atoms with van der Waals surface area (Å²) in [6, 6.07) is -0.610. The highest BCUT2D eigenvalue weighted by atomic mass is 16.6. The fourth-order valence-corrected chi connectivity index (χ4v) is 5.00. The van der Waals surface area contributed by atoms with Gasteiger partial charge in [0.1, 0.15) is 6.61 Å². The minimum absolute atomic E-state index is 0.0546. The number of carboxylic acids is 1. The van der Waals surface area contributed by atoms with Crippen LogP contribution in [0.15, 0.2) is 24.3 Å². The summed E-state index contributed by atoms with van der Waals surface area (Å²) in [5.41, 5.74) is 0. The fourth-order valence-electron chi connectivity index (χ4n) is 5.00. The summed E-state index contributed by atoms with van der Waals surface area (Å²) in [6.07, 6.45) is 28.3. The molecule has 0 spiro atoms. The Hall–Kier alpha value is -2.19. The average molecular weight is 639 g/mol. The molecule has 2 unspecified atom stereocenters. The van der Waals surface area contributed by atoms with E-state index in [0.717, 1.165) is 57.8 Å². The number of quaternary nitrogens is 1. The lowest BCUT2D eigenvalue weighted by Gasteiger charge is -2.31. The Balaban J connectivity index is 4.28. The Morgan fingerprint density at radius 3 is 1.76 bits per heavy atom. The Bertz CT molecular complexity index is 803. The monoisotopic (exact) mass is 638 g/mol. The highest BCUT2D eigenvalue weighted by Crippen LogP contribution is 2.13. The van der Waals surface area contributed by atoms with E-state index in [2.05, 4.69) is 38.2 Å². The summed E-state index contributed by atoms with van der Waals surface area (Å²) in [7, 11) is 5.50. The first-order valence-electron chi connectivity index (χ1n) is 17.9. The van der Waals surface area contributed by atoms with Crippen LogP contribution in [0.1, 0.15) is 142 Å². The Kier molecular flexibility index (Phi) is 27.8. The molecule has 0 aliphatic rings. The van der Waals surface area contributed by atoms with Gasteiger partial charge in [0.05, 0.1) is 34.4 Å². The van der Waals surface area contributed by atoms with E-state index in [-0.39, 0.29) is 36.2 Å². The molecule has 0 aromatic rings. The fraction of sp³-hybridized carbons (Fsp3) is 0.811. The molecule has 8 nitrogen and oxygen atoms in total. The minimum Gasteiger partial charge on any atom is -0.477 e. The smallest absolute Gasteiger partial charge is 0.362 e. The van der Waals surface area contributed by atoms with E-state index in [9.17, 15) is 19.5 Å². The number of hydrogen-bond donors (Lipinski definition) is 1. The lowest BCUT2D eigenvalue weighted by molar-refractivity contribution is -0.887. The molecule has 0 aromatic carbocycles. The first kappa shape index (κ1) is 42.8. The van der Waals surface area contributed by atoms with Crippen LogP contribution in [0.4, 0.5) is 0 Å². The third-order valence-electron chi connectivity index (χ3n) is 7.85. The Morgan fingerprint density at radius 1 is 0.667 bits per heavy atom. The maximum atomic E-state index is 12.6. The van der Waals surface area contributed by atoms with Crippen LogP contribution < -0.4 is 0 Å². The molecule has 262 valence electrons. The molecule has 0 saturated carbocycles. The van der Waals surface area contributed by atoms with Crippen LogP contribution in [-0.2, 0) is 28.6 Å². The summed E-state index contributed by atoms with van der Waals surface area (Å²) in [4.78, 5) is 36.3. The molecule has 0 rings (SSSR count). The molecule has 0 radical (unpaired) electrons. The maximum absolute atomic E-state index is 12.6. The first-order chi connectivity index (χ1) is 21.6. The molecule has 0 amide bonds. The second kappa shape index (κ2) is 29.2. The third-order valence-corrected chi connectivity index (χ3v) is 7.85. The SMILES string of the molecule is CCCCC/C=C\C/C=C\CCCCCCCCCC(=O)OC(COCCC(C(=O)O)[N+](C)(C)C)COC(=O)CCCCCC. The molecular weight excluding hydrogens is 570 g/mol. The zero-order valence-electron chi connectivity index (χ0n) is 29.6. The molecule has 45 heavy (non-hydrogen) atoms. The van der Waals surface area contributed by atoms with Crippen molar-refractivity contribution in [2.75, 3.05) is 41.0 Å². The topological polar surface area (TPSA) is 99.1 Å². The predicted octanol–water partition coefficient (Wildman–Crippen LogP) is 8.57. The van der Waals surface area contributed by atoms with Crippen molar-refractivity contribution in [3.8, 4) is 0 Å². The van der Waals surface area contributed by atoms with Gasteiger partial charge in [0, 0.05) is 19.3 Å². The van der Waals surface area contributed by atoms with Crippen LogP contribution in [0.3, 0.4) is 0 Å². The van der Waals surface area contributed by atoms with Crippen LogP contribution in [0.2, 0.25) is 0 Å². The van der Waals surface area contributed by atoms with Gasteiger partial charge in [0.2, 0.25) is 0 Å². The molecule has 0 saturated heterocycles. The van der Waals surface area contributed by atoms with Gasteiger partial charge in [-0.25, -0.2) is 4.79 Å². The number of esters is 2. The molecule has 2 atom stereocenters. The van der Waals surface area contributed by atoms with Crippen molar-refractivity contribution in [3.63, 3.8) is 0 Å². The zero-order valence-corrected chi connectivity index (χ0v) is 29.6. The van der Waals surface area contributed by atoms with Crippen LogP contribution in [0.25, 0.3) is 0 Å². The molecule has 1 N–H and O–H groups in total. The average Bonchev–Trinajstić information content (AvgIpc) is 2.98. The van der Waals surface area contributed by atoms with Gasteiger partial charge in [0.25, 0.3) is 0 Å². The van der Waals surface area contributed by atoms with Gasteiger partial charge in [-0.2, -0.15) is 0 Å². The Morgan fingerprint density at radius 2 is 1.18 bits per heavy atom. The van der Waals surface area contributed by atoms with Gasteiger partial charge in [-0.1, -0.05) is 102 Å². The second-order valence-electron chi connectivity index (χ2n) is 13.1. The summed E-state index contributed by atoms with van der Waals surface area (Å²) in [5, 5.41) is 9.53. The van der Waals surface area contributed by atoms with Crippen molar-refractivity contribution in [1.29, 1.82) is 0 Å². The molecule has 8 heteroatoms. The summed E-state index contributed by atoms with van der Waals surface area (Å²) >= 11 is 0. The van der Waals surface area contributed by atoms with Gasteiger partial charge in [0.15, 0.2) is 12.1 Å². The number of hydrogen-bond acceptors (Lipinski definition) is 6. The molecular formula is C37H68NO7+. The van der Waals surface area contributed by atoms with E-state index >= 15 is 0 Å². The van der Waals surface area contributed by atoms with E-state index in [4.69, 9.17) is 14.2 Å². The number of carbonyl (C=O) groups is 3. The summed E-state index contributed by atoms with van der Waals surface area (Å²) in [5.74, 6) is -1.50. The maximum Gasteiger partial charge on any atom is 0.362 e. The normalized spacial score (nSPS) is 13.4. The Labute approximate surface area is 275 Å². The second-order valence-corrected chi connectivity index (χ2v) is 13.1. The number of carbonyl (C=O) groups excluding carboxylic acids is 2. The summed E-state index contributed by atoms with van der Waals surface area (Å²) in [6.45, 7) is 4.56. The summed E-state index contributed by atoms with van der Waals surface area (Å²) < 4.78 is 17.0. The number of nitrogens with zero attached hydrogens (tertiary/aromatic N) is 1. The van der Waals surface area contributed by atoms with E-state index in [1.54, 1.807) is 0 Å². The van der Waals surface area contributed by atoms with Gasteiger partial charge < -0.3 is 23.8 Å². The molecule has 0 aliphatic heterocycles. The predicted molar refractivity (Wildman–Crippen MR) is 183 cm³/mol. The van der Waals surface area contributed by atoms with Crippen molar-refractivity contribution < 1.29 is 38.2 Å². The third kappa shape index (κ3) is 27.8. The molecule has 0 bridgehead atoms. The molecule has 0 fully saturated rings. The quantitative estimate of drug-likeness (QED) is 0.0351. The highest BCUT2D eigenvalue weighted by Gasteiger charge is 2.31. The van der Waals surface area contributed by atoms with Crippen LogP contribution in [0, 0.1) is 0 Å².